The van der Waals surface area contributed by atoms with Crippen LogP contribution in [0.1, 0.15) is 43.9 Å². The Bertz CT molecular complexity index is 555. The molecule has 1 aliphatic rings. The Hall–Kier alpha value is -1.68. The zero-order valence-corrected chi connectivity index (χ0v) is 11.5. The number of aromatic nitrogens is 3. The van der Waals surface area contributed by atoms with E-state index < -0.39 is 0 Å². The van der Waals surface area contributed by atoms with E-state index in [1.54, 1.807) is 0 Å². The van der Waals surface area contributed by atoms with Gasteiger partial charge in [-0.3, -0.25) is 0 Å². The summed E-state index contributed by atoms with van der Waals surface area (Å²) in [6.45, 7) is 5.17. The highest BCUT2D eigenvalue weighted by atomic mass is 15.3. The Balaban J connectivity index is 1.84. The Morgan fingerprint density at radius 1 is 1.37 bits per heavy atom. The van der Waals surface area contributed by atoms with Crippen molar-refractivity contribution >= 4 is 0 Å². The molecule has 3 rings (SSSR count). The molecule has 0 atom stereocenters. The van der Waals surface area contributed by atoms with Crippen LogP contribution in [0.5, 0.6) is 0 Å². The molecule has 0 spiro atoms. The van der Waals surface area contributed by atoms with E-state index in [1.807, 2.05) is 23.1 Å². The normalized spacial score (nSPS) is 15.1. The first-order valence-electron chi connectivity index (χ1n) is 6.97. The van der Waals surface area contributed by atoms with Crippen molar-refractivity contribution in [3.05, 3.63) is 41.9 Å². The van der Waals surface area contributed by atoms with Crippen LogP contribution in [-0.2, 0) is 6.54 Å². The lowest BCUT2D eigenvalue weighted by atomic mass is 10.1. The van der Waals surface area contributed by atoms with Crippen molar-refractivity contribution in [2.45, 2.75) is 45.2 Å². The summed E-state index contributed by atoms with van der Waals surface area (Å²) in [6.07, 6.45) is 6.43. The highest BCUT2D eigenvalue weighted by Gasteiger charge is 2.20. The predicted molar refractivity (Wildman–Crippen MR) is 75.3 cm³/mol. The number of nitrogens with zero attached hydrogens (tertiary/aromatic N) is 3. The van der Waals surface area contributed by atoms with Crippen LogP contribution in [0.25, 0.3) is 5.82 Å². The van der Waals surface area contributed by atoms with Gasteiger partial charge in [-0.05, 0) is 30.9 Å². The molecule has 2 aromatic rings. The van der Waals surface area contributed by atoms with E-state index in [9.17, 15) is 0 Å². The van der Waals surface area contributed by atoms with Crippen molar-refractivity contribution in [2.24, 2.45) is 0 Å². The monoisotopic (exact) mass is 256 g/mol. The molecule has 19 heavy (non-hydrogen) atoms. The first-order valence-corrected chi connectivity index (χ1v) is 6.97. The fourth-order valence-electron chi connectivity index (χ4n) is 2.08. The van der Waals surface area contributed by atoms with E-state index in [1.165, 1.54) is 18.4 Å². The molecule has 4 heteroatoms. The van der Waals surface area contributed by atoms with Gasteiger partial charge in [0, 0.05) is 30.5 Å². The highest BCUT2D eigenvalue weighted by molar-refractivity contribution is 5.33. The molecule has 0 amide bonds. The molecule has 2 aromatic heterocycles. The molecule has 100 valence electrons. The van der Waals surface area contributed by atoms with Gasteiger partial charge in [-0.15, -0.1) is 0 Å². The Morgan fingerprint density at radius 3 is 2.89 bits per heavy atom. The second-order valence-corrected chi connectivity index (χ2v) is 5.48. The zero-order valence-electron chi connectivity index (χ0n) is 11.5. The summed E-state index contributed by atoms with van der Waals surface area (Å²) < 4.78 is 1.89. The Labute approximate surface area is 113 Å². The van der Waals surface area contributed by atoms with Crippen LogP contribution >= 0.6 is 0 Å². The SMILES string of the molecule is CC(C)c1ccn(-c2ncccc2CNC2CC2)n1. The third-order valence-corrected chi connectivity index (χ3v) is 3.44. The maximum Gasteiger partial charge on any atom is 0.157 e. The van der Waals surface area contributed by atoms with E-state index >= 15 is 0 Å². The van der Waals surface area contributed by atoms with Crippen LogP contribution in [0.15, 0.2) is 30.6 Å². The molecule has 1 fully saturated rings. The van der Waals surface area contributed by atoms with Gasteiger partial charge in [0.2, 0.25) is 0 Å². The Morgan fingerprint density at radius 2 is 2.21 bits per heavy atom. The lowest BCUT2D eigenvalue weighted by Crippen LogP contribution is -2.17. The van der Waals surface area contributed by atoms with Crippen LogP contribution in [0, 0.1) is 0 Å². The van der Waals surface area contributed by atoms with Gasteiger partial charge < -0.3 is 5.32 Å². The van der Waals surface area contributed by atoms with Gasteiger partial charge in [0.15, 0.2) is 5.82 Å². The molecule has 0 bridgehead atoms. The first-order chi connectivity index (χ1) is 9.24. The molecule has 0 saturated heterocycles. The molecule has 1 N–H and O–H groups in total. The summed E-state index contributed by atoms with van der Waals surface area (Å²) in [5.41, 5.74) is 2.31. The van der Waals surface area contributed by atoms with E-state index in [0.717, 1.165) is 18.1 Å². The van der Waals surface area contributed by atoms with E-state index in [-0.39, 0.29) is 0 Å². The zero-order chi connectivity index (χ0) is 13.2. The Kier molecular flexibility index (Phi) is 3.34. The van der Waals surface area contributed by atoms with Crippen LogP contribution in [0.4, 0.5) is 0 Å². The minimum absolute atomic E-state index is 0.443. The highest BCUT2D eigenvalue weighted by Crippen LogP contribution is 2.20. The van der Waals surface area contributed by atoms with E-state index in [0.29, 0.717) is 12.0 Å². The van der Waals surface area contributed by atoms with Crippen LogP contribution < -0.4 is 5.32 Å². The maximum absolute atomic E-state index is 4.61. The van der Waals surface area contributed by atoms with E-state index in [4.69, 9.17) is 0 Å². The second-order valence-electron chi connectivity index (χ2n) is 5.48. The number of pyridine rings is 1. The van der Waals surface area contributed by atoms with Crippen LogP contribution in [0.3, 0.4) is 0 Å². The average molecular weight is 256 g/mol. The van der Waals surface area contributed by atoms with Crippen molar-refractivity contribution in [3.63, 3.8) is 0 Å². The lowest BCUT2D eigenvalue weighted by Gasteiger charge is -2.09. The summed E-state index contributed by atoms with van der Waals surface area (Å²) in [5.74, 6) is 1.38. The number of rotatable bonds is 5. The standard InChI is InChI=1S/C15H20N4/c1-11(2)14-7-9-19(18-14)15-12(4-3-8-16-15)10-17-13-5-6-13/h3-4,7-9,11,13,17H,5-6,10H2,1-2H3. The largest absolute Gasteiger partial charge is 0.310 e. The minimum atomic E-state index is 0.443. The molecular formula is C15H20N4. The maximum atomic E-state index is 4.61. The van der Waals surface area contributed by atoms with Crippen molar-refractivity contribution in [3.8, 4) is 5.82 Å². The van der Waals surface area contributed by atoms with Crippen molar-refractivity contribution in [1.82, 2.24) is 20.1 Å². The van der Waals surface area contributed by atoms with Crippen molar-refractivity contribution in [2.75, 3.05) is 0 Å². The molecule has 0 aliphatic heterocycles. The van der Waals surface area contributed by atoms with E-state index in [2.05, 4.69) is 41.4 Å². The molecule has 0 radical (unpaired) electrons. The molecule has 1 saturated carbocycles. The van der Waals surface area contributed by atoms with Gasteiger partial charge in [-0.2, -0.15) is 5.10 Å². The fraction of sp³-hybridized carbons (Fsp3) is 0.467. The van der Waals surface area contributed by atoms with Crippen LogP contribution in [0.2, 0.25) is 0 Å². The quantitative estimate of drug-likeness (QED) is 0.894. The summed E-state index contributed by atoms with van der Waals surface area (Å²) in [5, 5.41) is 8.14. The summed E-state index contributed by atoms with van der Waals surface area (Å²) in [7, 11) is 0. The fourth-order valence-corrected chi connectivity index (χ4v) is 2.08. The van der Waals surface area contributed by atoms with Gasteiger partial charge in [0.05, 0.1) is 5.69 Å². The predicted octanol–water partition coefficient (Wildman–Crippen LogP) is 2.64. The third kappa shape index (κ3) is 2.84. The van der Waals surface area contributed by atoms with Gasteiger partial charge in [0.25, 0.3) is 0 Å². The average Bonchev–Trinajstić information content (AvgIpc) is 3.11. The first kappa shape index (κ1) is 12.4. The number of hydrogen-bond donors (Lipinski definition) is 1. The minimum Gasteiger partial charge on any atom is -0.310 e. The summed E-state index contributed by atoms with van der Waals surface area (Å²) in [6, 6.07) is 6.88. The van der Waals surface area contributed by atoms with Gasteiger partial charge in [-0.25, -0.2) is 9.67 Å². The summed E-state index contributed by atoms with van der Waals surface area (Å²) >= 11 is 0. The smallest absolute Gasteiger partial charge is 0.157 e. The number of hydrogen-bond acceptors (Lipinski definition) is 3. The van der Waals surface area contributed by atoms with Gasteiger partial charge in [-0.1, -0.05) is 19.9 Å². The van der Waals surface area contributed by atoms with Crippen molar-refractivity contribution in [1.29, 1.82) is 0 Å². The van der Waals surface area contributed by atoms with Crippen molar-refractivity contribution < 1.29 is 0 Å². The summed E-state index contributed by atoms with van der Waals surface area (Å²) in [4.78, 5) is 4.48. The van der Waals surface area contributed by atoms with Gasteiger partial charge >= 0.3 is 0 Å². The van der Waals surface area contributed by atoms with Gasteiger partial charge in [0.1, 0.15) is 0 Å². The van der Waals surface area contributed by atoms with Crippen LogP contribution in [-0.4, -0.2) is 20.8 Å². The topological polar surface area (TPSA) is 42.7 Å². The molecule has 4 nitrogen and oxygen atoms in total. The molecule has 1 aliphatic carbocycles. The molecular weight excluding hydrogens is 236 g/mol. The molecule has 2 heterocycles. The molecule has 0 aromatic carbocycles. The number of nitrogens with one attached hydrogen (secondary N) is 1. The lowest BCUT2D eigenvalue weighted by molar-refractivity contribution is 0.673. The third-order valence-electron chi connectivity index (χ3n) is 3.44. The molecule has 0 unspecified atom stereocenters. The second kappa shape index (κ2) is 5.13.